The largest absolute Gasteiger partial charge is 0.497 e. The topological polar surface area (TPSA) is 71.1 Å². The first-order chi connectivity index (χ1) is 13.6. The molecule has 1 saturated heterocycles. The van der Waals surface area contributed by atoms with E-state index in [0.29, 0.717) is 30.3 Å². The predicted molar refractivity (Wildman–Crippen MR) is 106 cm³/mol. The molecule has 1 aliphatic heterocycles. The minimum Gasteiger partial charge on any atom is -0.497 e. The van der Waals surface area contributed by atoms with Crippen molar-refractivity contribution in [1.29, 1.82) is 0 Å². The van der Waals surface area contributed by atoms with Crippen LogP contribution in [0.3, 0.4) is 0 Å². The fraction of sp³-hybridized carbons (Fsp3) is 0.333. The predicted octanol–water partition coefficient (Wildman–Crippen LogP) is 1.99. The average Bonchev–Trinajstić information content (AvgIpc) is 2.74. The van der Waals surface area contributed by atoms with Crippen LogP contribution < -0.4 is 14.8 Å². The van der Waals surface area contributed by atoms with Gasteiger partial charge in [0.05, 0.1) is 19.9 Å². The number of benzene rings is 2. The number of carbonyl (C=O) groups is 2. The first-order valence-electron chi connectivity index (χ1n) is 9.19. The lowest BCUT2D eigenvalue weighted by atomic mass is 10.2. The highest BCUT2D eigenvalue weighted by molar-refractivity contribution is 6.39. The monoisotopic (exact) mass is 383 g/mol. The van der Waals surface area contributed by atoms with E-state index in [1.165, 1.54) is 19.8 Å². The summed E-state index contributed by atoms with van der Waals surface area (Å²) in [6, 6.07) is 15.2. The molecule has 148 valence electrons. The van der Waals surface area contributed by atoms with Crippen molar-refractivity contribution >= 4 is 17.5 Å². The summed E-state index contributed by atoms with van der Waals surface area (Å²) < 4.78 is 10.4. The summed E-state index contributed by atoms with van der Waals surface area (Å²) >= 11 is 0. The number of amides is 2. The van der Waals surface area contributed by atoms with Gasteiger partial charge in [0.15, 0.2) is 0 Å². The van der Waals surface area contributed by atoms with E-state index in [4.69, 9.17) is 9.47 Å². The molecule has 2 aromatic carbocycles. The number of hydrogen-bond acceptors (Lipinski definition) is 5. The summed E-state index contributed by atoms with van der Waals surface area (Å²) in [6.45, 7) is 3.35. The second kappa shape index (κ2) is 9.23. The van der Waals surface area contributed by atoms with Crippen molar-refractivity contribution in [2.45, 2.75) is 6.54 Å². The Hall–Kier alpha value is -3.06. The average molecular weight is 383 g/mol. The van der Waals surface area contributed by atoms with Crippen LogP contribution in [0, 0.1) is 0 Å². The maximum Gasteiger partial charge on any atom is 0.314 e. The number of anilines is 1. The molecule has 28 heavy (non-hydrogen) atoms. The van der Waals surface area contributed by atoms with E-state index in [0.717, 1.165) is 19.6 Å². The third kappa shape index (κ3) is 4.80. The van der Waals surface area contributed by atoms with E-state index < -0.39 is 11.8 Å². The molecule has 0 spiro atoms. The van der Waals surface area contributed by atoms with E-state index in [1.807, 2.05) is 18.2 Å². The van der Waals surface area contributed by atoms with Crippen LogP contribution in [0.1, 0.15) is 5.56 Å². The molecule has 0 aliphatic carbocycles. The van der Waals surface area contributed by atoms with Crippen molar-refractivity contribution in [3.05, 3.63) is 54.1 Å². The van der Waals surface area contributed by atoms with E-state index in [2.05, 4.69) is 22.3 Å². The van der Waals surface area contributed by atoms with E-state index in [1.54, 1.807) is 23.1 Å². The highest BCUT2D eigenvalue weighted by Crippen LogP contribution is 2.28. The van der Waals surface area contributed by atoms with Gasteiger partial charge < -0.3 is 19.7 Å². The number of rotatable bonds is 5. The normalized spacial score (nSPS) is 14.4. The number of piperazine rings is 1. The summed E-state index contributed by atoms with van der Waals surface area (Å²) in [7, 11) is 3.04. The highest BCUT2D eigenvalue weighted by Gasteiger charge is 2.26. The zero-order valence-electron chi connectivity index (χ0n) is 16.2. The molecule has 0 radical (unpaired) electrons. The molecule has 1 heterocycles. The summed E-state index contributed by atoms with van der Waals surface area (Å²) in [5, 5.41) is 2.64. The fourth-order valence-corrected chi connectivity index (χ4v) is 3.18. The van der Waals surface area contributed by atoms with Crippen LogP contribution in [0.5, 0.6) is 11.5 Å². The molecule has 0 bridgehead atoms. The minimum atomic E-state index is -0.678. The first-order valence-corrected chi connectivity index (χ1v) is 9.19. The molecule has 2 amide bonds. The molecule has 0 atom stereocenters. The summed E-state index contributed by atoms with van der Waals surface area (Å²) in [6.07, 6.45) is 0. The summed E-state index contributed by atoms with van der Waals surface area (Å²) in [5.41, 5.74) is 1.65. The molecule has 0 aromatic heterocycles. The summed E-state index contributed by atoms with van der Waals surface area (Å²) in [4.78, 5) is 28.9. The Morgan fingerprint density at radius 3 is 2.32 bits per heavy atom. The molecular formula is C21H25N3O4. The van der Waals surface area contributed by atoms with E-state index in [-0.39, 0.29) is 0 Å². The molecule has 7 nitrogen and oxygen atoms in total. The second-order valence-corrected chi connectivity index (χ2v) is 6.57. The molecule has 1 fully saturated rings. The smallest absolute Gasteiger partial charge is 0.314 e. The first kappa shape index (κ1) is 19.7. The quantitative estimate of drug-likeness (QED) is 0.800. The zero-order valence-corrected chi connectivity index (χ0v) is 16.2. The van der Waals surface area contributed by atoms with Crippen molar-refractivity contribution in [2.75, 3.05) is 45.7 Å². The Kier molecular flexibility index (Phi) is 6.49. The van der Waals surface area contributed by atoms with Gasteiger partial charge in [-0.05, 0) is 17.7 Å². The summed E-state index contributed by atoms with van der Waals surface area (Å²) in [5.74, 6) is -0.181. The van der Waals surface area contributed by atoms with Crippen LogP contribution in [0.4, 0.5) is 5.69 Å². The zero-order chi connectivity index (χ0) is 19.9. The van der Waals surface area contributed by atoms with Crippen LogP contribution in [0.2, 0.25) is 0 Å². The van der Waals surface area contributed by atoms with Gasteiger partial charge in [-0.3, -0.25) is 14.5 Å². The third-order valence-corrected chi connectivity index (χ3v) is 4.76. The lowest BCUT2D eigenvalue weighted by Crippen LogP contribution is -2.51. The number of nitrogens with zero attached hydrogens (tertiary/aromatic N) is 2. The Labute approximate surface area is 164 Å². The van der Waals surface area contributed by atoms with Crippen LogP contribution in [0.25, 0.3) is 0 Å². The molecule has 3 rings (SSSR count). The van der Waals surface area contributed by atoms with Gasteiger partial charge in [0.2, 0.25) is 0 Å². The Morgan fingerprint density at radius 1 is 0.964 bits per heavy atom. The Morgan fingerprint density at radius 2 is 1.68 bits per heavy atom. The Balaban J connectivity index is 1.55. The molecule has 1 aliphatic rings. The lowest BCUT2D eigenvalue weighted by Gasteiger charge is -2.34. The van der Waals surface area contributed by atoms with Crippen molar-refractivity contribution in [1.82, 2.24) is 9.80 Å². The molecule has 0 unspecified atom stereocenters. The van der Waals surface area contributed by atoms with Gasteiger partial charge >= 0.3 is 11.8 Å². The van der Waals surface area contributed by atoms with E-state index >= 15 is 0 Å². The van der Waals surface area contributed by atoms with Gasteiger partial charge in [-0.2, -0.15) is 0 Å². The van der Waals surface area contributed by atoms with Crippen molar-refractivity contribution < 1.29 is 19.1 Å². The van der Waals surface area contributed by atoms with Crippen LogP contribution in [0.15, 0.2) is 48.5 Å². The van der Waals surface area contributed by atoms with Gasteiger partial charge in [-0.1, -0.05) is 30.3 Å². The second-order valence-electron chi connectivity index (χ2n) is 6.57. The minimum absolute atomic E-state index is 0.405. The molecule has 2 aromatic rings. The van der Waals surface area contributed by atoms with Gasteiger partial charge in [-0.15, -0.1) is 0 Å². The van der Waals surface area contributed by atoms with Crippen LogP contribution in [-0.2, 0) is 16.1 Å². The van der Waals surface area contributed by atoms with Gasteiger partial charge in [0.1, 0.15) is 11.5 Å². The maximum atomic E-state index is 12.5. The van der Waals surface area contributed by atoms with Crippen molar-refractivity contribution in [2.24, 2.45) is 0 Å². The SMILES string of the molecule is COc1ccc(OC)c(NC(=O)C(=O)N2CCN(Cc3ccccc3)CC2)c1. The van der Waals surface area contributed by atoms with Crippen LogP contribution in [-0.4, -0.2) is 62.0 Å². The van der Waals surface area contributed by atoms with Gasteiger partial charge in [-0.25, -0.2) is 0 Å². The van der Waals surface area contributed by atoms with E-state index in [9.17, 15) is 9.59 Å². The number of ether oxygens (including phenoxy) is 2. The number of nitrogens with one attached hydrogen (secondary N) is 1. The van der Waals surface area contributed by atoms with Gasteiger partial charge in [0, 0.05) is 38.8 Å². The Bertz CT molecular complexity index is 818. The van der Waals surface area contributed by atoms with Crippen molar-refractivity contribution in [3.63, 3.8) is 0 Å². The lowest BCUT2D eigenvalue weighted by molar-refractivity contribution is -0.144. The molecule has 0 saturated carbocycles. The standard InChI is InChI=1S/C21H25N3O4/c1-27-17-8-9-19(28-2)18(14-17)22-20(25)21(26)24-12-10-23(11-13-24)15-16-6-4-3-5-7-16/h3-9,14H,10-13,15H2,1-2H3,(H,22,25). The number of carbonyl (C=O) groups excluding carboxylic acids is 2. The molecule has 7 heteroatoms. The molecule has 1 N–H and O–H groups in total. The highest BCUT2D eigenvalue weighted by atomic mass is 16.5. The number of methoxy groups -OCH3 is 2. The van der Waals surface area contributed by atoms with Gasteiger partial charge in [0.25, 0.3) is 0 Å². The number of hydrogen-bond donors (Lipinski definition) is 1. The fourth-order valence-electron chi connectivity index (χ4n) is 3.18. The third-order valence-electron chi connectivity index (χ3n) is 4.76. The van der Waals surface area contributed by atoms with Crippen LogP contribution >= 0.6 is 0 Å². The molecular weight excluding hydrogens is 358 g/mol. The maximum absolute atomic E-state index is 12.5. The van der Waals surface area contributed by atoms with Crippen molar-refractivity contribution in [3.8, 4) is 11.5 Å².